The molecule has 0 saturated heterocycles. The first-order chi connectivity index (χ1) is 13.8. The maximum Gasteiger partial charge on any atom is 0.0453 e. The van der Waals surface area contributed by atoms with E-state index in [1.807, 2.05) is 6.07 Å². The highest BCUT2D eigenvalue weighted by Gasteiger charge is 2.42. The summed E-state index contributed by atoms with van der Waals surface area (Å²) >= 11 is 6.69. The molecule has 0 spiro atoms. The van der Waals surface area contributed by atoms with Gasteiger partial charge in [0.15, 0.2) is 0 Å². The summed E-state index contributed by atoms with van der Waals surface area (Å²) in [6, 6.07) is 24.6. The molecule has 0 aliphatic heterocycles. The first-order valence-electron chi connectivity index (χ1n) is 10.3. The minimum atomic E-state index is -0.102. The summed E-state index contributed by atoms with van der Waals surface area (Å²) in [6.07, 6.45) is 0. The molecule has 1 heteroatoms. The summed E-state index contributed by atoms with van der Waals surface area (Å²) in [7, 11) is 0. The van der Waals surface area contributed by atoms with Gasteiger partial charge >= 0.3 is 0 Å². The third-order valence-corrected chi connectivity index (χ3v) is 7.62. The van der Waals surface area contributed by atoms with Crippen LogP contribution in [0.5, 0.6) is 0 Å². The van der Waals surface area contributed by atoms with Gasteiger partial charge in [-0.25, -0.2) is 0 Å². The van der Waals surface area contributed by atoms with Crippen LogP contribution >= 0.6 is 11.6 Å². The Morgan fingerprint density at radius 3 is 2.17 bits per heavy atom. The highest BCUT2D eigenvalue weighted by molar-refractivity contribution is 6.32. The summed E-state index contributed by atoms with van der Waals surface area (Å²) in [6.45, 7) is 9.33. The summed E-state index contributed by atoms with van der Waals surface area (Å²) in [5.41, 5.74) is 10.8. The van der Waals surface area contributed by atoms with Crippen LogP contribution in [-0.4, -0.2) is 0 Å². The second kappa shape index (κ2) is 5.32. The molecule has 2 aliphatic carbocycles. The van der Waals surface area contributed by atoms with Crippen molar-refractivity contribution in [2.75, 3.05) is 0 Å². The molecule has 0 heterocycles. The lowest BCUT2D eigenvalue weighted by Crippen LogP contribution is -2.17. The van der Waals surface area contributed by atoms with Gasteiger partial charge in [-0.3, -0.25) is 0 Å². The lowest BCUT2D eigenvalue weighted by atomic mass is 9.79. The Bertz CT molecular complexity index is 1350. The fraction of sp³-hybridized carbons (Fsp3) is 0.214. The van der Waals surface area contributed by atoms with Gasteiger partial charge in [0.2, 0.25) is 0 Å². The predicted molar refractivity (Wildman–Crippen MR) is 124 cm³/mol. The van der Waals surface area contributed by atoms with Crippen LogP contribution in [0.15, 0.2) is 66.7 Å². The Kier molecular flexibility index (Phi) is 3.17. The maximum atomic E-state index is 6.69. The average Bonchev–Trinajstić information content (AvgIpc) is 3.07. The van der Waals surface area contributed by atoms with Gasteiger partial charge in [0.1, 0.15) is 0 Å². The molecule has 142 valence electrons. The standard InChI is InChI=1S/C28H23Cl/c1-27(2)21-13-12-16-8-5-6-9-17(16)25(21)20-15-22-19(14-23(20)27)18-10-7-11-24(29)26(18)28(22,3)4/h5-15H,1-4H3. The predicted octanol–water partition coefficient (Wildman–Crippen LogP) is 8.11. The van der Waals surface area contributed by atoms with Crippen LogP contribution in [0, 0.1) is 0 Å². The molecule has 0 bridgehead atoms. The summed E-state index contributed by atoms with van der Waals surface area (Å²) in [4.78, 5) is 0. The molecule has 0 unspecified atom stereocenters. The number of benzene rings is 4. The minimum Gasteiger partial charge on any atom is -0.0840 e. The zero-order valence-electron chi connectivity index (χ0n) is 17.2. The lowest BCUT2D eigenvalue weighted by Gasteiger charge is -2.24. The minimum absolute atomic E-state index is 0.0187. The highest BCUT2D eigenvalue weighted by Crippen LogP contribution is 2.58. The van der Waals surface area contributed by atoms with Gasteiger partial charge in [0, 0.05) is 15.9 Å². The van der Waals surface area contributed by atoms with Crippen molar-refractivity contribution in [2.45, 2.75) is 38.5 Å². The van der Waals surface area contributed by atoms with Crippen molar-refractivity contribution >= 4 is 22.4 Å². The topological polar surface area (TPSA) is 0 Å². The second-order valence-corrected chi connectivity index (χ2v) is 9.97. The summed E-state index contributed by atoms with van der Waals surface area (Å²) in [5.74, 6) is 0. The van der Waals surface area contributed by atoms with Gasteiger partial charge in [-0.15, -0.1) is 0 Å². The van der Waals surface area contributed by atoms with Gasteiger partial charge in [-0.2, -0.15) is 0 Å². The lowest BCUT2D eigenvalue weighted by molar-refractivity contribution is 0.652. The second-order valence-electron chi connectivity index (χ2n) is 9.57. The van der Waals surface area contributed by atoms with E-state index in [1.165, 1.54) is 55.3 Å². The van der Waals surface area contributed by atoms with Crippen molar-refractivity contribution in [3.8, 4) is 22.3 Å². The smallest absolute Gasteiger partial charge is 0.0453 e. The van der Waals surface area contributed by atoms with E-state index in [0.717, 1.165) is 5.02 Å². The Balaban J connectivity index is 1.74. The van der Waals surface area contributed by atoms with E-state index in [0.29, 0.717) is 0 Å². The van der Waals surface area contributed by atoms with Gasteiger partial charge in [0.05, 0.1) is 0 Å². The van der Waals surface area contributed by atoms with Crippen molar-refractivity contribution < 1.29 is 0 Å². The van der Waals surface area contributed by atoms with Crippen LogP contribution in [-0.2, 0) is 10.8 Å². The molecular weight excluding hydrogens is 372 g/mol. The van der Waals surface area contributed by atoms with E-state index in [-0.39, 0.29) is 10.8 Å². The fourth-order valence-electron chi connectivity index (χ4n) is 5.81. The van der Waals surface area contributed by atoms with Crippen molar-refractivity contribution in [1.82, 2.24) is 0 Å². The normalized spacial score (nSPS) is 17.0. The van der Waals surface area contributed by atoms with E-state index in [4.69, 9.17) is 11.6 Å². The Morgan fingerprint density at radius 1 is 0.621 bits per heavy atom. The molecule has 0 saturated carbocycles. The molecule has 0 atom stereocenters. The number of halogens is 1. The SMILES string of the molecule is CC1(C)c2cc3c(cc2-c2c1ccc1ccccc21)C(C)(C)c1c(Cl)cccc1-3. The van der Waals surface area contributed by atoms with Crippen LogP contribution in [0.1, 0.15) is 49.9 Å². The highest BCUT2D eigenvalue weighted by atomic mass is 35.5. The Labute approximate surface area is 177 Å². The molecule has 29 heavy (non-hydrogen) atoms. The van der Waals surface area contributed by atoms with Gasteiger partial charge in [0.25, 0.3) is 0 Å². The molecule has 0 amide bonds. The number of hydrogen-bond acceptors (Lipinski definition) is 0. The van der Waals surface area contributed by atoms with Crippen molar-refractivity contribution in [3.05, 3.63) is 94.0 Å². The number of hydrogen-bond donors (Lipinski definition) is 0. The van der Waals surface area contributed by atoms with Crippen LogP contribution in [0.25, 0.3) is 33.0 Å². The molecule has 0 N–H and O–H groups in total. The fourth-order valence-corrected chi connectivity index (χ4v) is 6.22. The maximum absolute atomic E-state index is 6.69. The monoisotopic (exact) mass is 394 g/mol. The van der Waals surface area contributed by atoms with E-state index in [9.17, 15) is 0 Å². The van der Waals surface area contributed by atoms with Crippen molar-refractivity contribution in [3.63, 3.8) is 0 Å². The van der Waals surface area contributed by atoms with E-state index in [1.54, 1.807) is 0 Å². The zero-order valence-corrected chi connectivity index (χ0v) is 18.0. The first kappa shape index (κ1) is 17.3. The molecule has 0 fully saturated rings. The quantitative estimate of drug-likeness (QED) is 0.282. The van der Waals surface area contributed by atoms with Gasteiger partial charge in [-0.05, 0) is 73.5 Å². The molecule has 0 aromatic heterocycles. The molecule has 2 aliphatic rings. The third-order valence-electron chi connectivity index (χ3n) is 7.30. The molecule has 4 aromatic rings. The van der Waals surface area contributed by atoms with Crippen LogP contribution in [0.2, 0.25) is 5.02 Å². The number of fused-ring (bicyclic) bond motifs is 8. The summed E-state index contributed by atoms with van der Waals surface area (Å²) < 4.78 is 0. The van der Waals surface area contributed by atoms with Gasteiger partial charge in [-0.1, -0.05) is 87.8 Å². The van der Waals surface area contributed by atoms with E-state index >= 15 is 0 Å². The average molecular weight is 395 g/mol. The Hall–Kier alpha value is -2.57. The van der Waals surface area contributed by atoms with Crippen LogP contribution in [0.3, 0.4) is 0 Å². The van der Waals surface area contributed by atoms with Crippen LogP contribution in [0.4, 0.5) is 0 Å². The van der Waals surface area contributed by atoms with Crippen LogP contribution < -0.4 is 0 Å². The molecular formula is C28H23Cl. The Morgan fingerprint density at radius 2 is 1.34 bits per heavy atom. The van der Waals surface area contributed by atoms with Crippen molar-refractivity contribution in [2.24, 2.45) is 0 Å². The van der Waals surface area contributed by atoms with Gasteiger partial charge < -0.3 is 0 Å². The third kappa shape index (κ3) is 2.01. The molecule has 6 rings (SSSR count). The van der Waals surface area contributed by atoms with E-state index in [2.05, 4.69) is 88.4 Å². The molecule has 4 aromatic carbocycles. The zero-order chi connectivity index (χ0) is 20.1. The number of rotatable bonds is 0. The largest absolute Gasteiger partial charge is 0.0840 e. The molecule has 0 nitrogen and oxygen atoms in total. The van der Waals surface area contributed by atoms with Crippen molar-refractivity contribution in [1.29, 1.82) is 0 Å². The van der Waals surface area contributed by atoms with E-state index < -0.39 is 0 Å². The summed E-state index contributed by atoms with van der Waals surface area (Å²) in [5, 5.41) is 3.53. The first-order valence-corrected chi connectivity index (χ1v) is 10.7. The molecule has 0 radical (unpaired) electrons.